The van der Waals surface area contributed by atoms with E-state index in [9.17, 15) is 13.6 Å². The van der Waals surface area contributed by atoms with Crippen molar-refractivity contribution < 1.29 is 18.3 Å². The van der Waals surface area contributed by atoms with Gasteiger partial charge in [0.05, 0.1) is 19.0 Å². The number of amides is 1. The number of halogens is 2. The van der Waals surface area contributed by atoms with E-state index in [0.29, 0.717) is 47.6 Å². The Morgan fingerprint density at radius 1 is 1.11 bits per heavy atom. The molecule has 6 rings (SSSR count). The van der Waals surface area contributed by atoms with Crippen molar-refractivity contribution in [2.45, 2.75) is 51.5 Å². The Kier molecular flexibility index (Phi) is 9.56. The van der Waals surface area contributed by atoms with Crippen LogP contribution in [0.2, 0.25) is 0 Å². The van der Waals surface area contributed by atoms with Crippen LogP contribution in [-0.4, -0.2) is 71.1 Å². The number of rotatable bonds is 11. The van der Waals surface area contributed by atoms with E-state index in [0.717, 1.165) is 50.3 Å². The van der Waals surface area contributed by atoms with E-state index in [1.807, 2.05) is 25.1 Å². The number of piperidine rings is 1. The average Bonchev–Trinajstić information content (AvgIpc) is 3.75. The first kappa shape index (κ1) is 30.9. The summed E-state index contributed by atoms with van der Waals surface area (Å²) < 4.78 is 35.8. The van der Waals surface area contributed by atoms with Crippen molar-refractivity contribution in [3.63, 3.8) is 0 Å². The summed E-state index contributed by atoms with van der Waals surface area (Å²) in [6.07, 6.45) is 11.4. The quantitative estimate of drug-likeness (QED) is 0.203. The van der Waals surface area contributed by atoms with E-state index in [1.54, 1.807) is 16.8 Å². The fourth-order valence-corrected chi connectivity index (χ4v) is 6.50. The van der Waals surface area contributed by atoms with E-state index in [-0.39, 0.29) is 17.2 Å². The lowest BCUT2D eigenvalue weighted by atomic mass is 9.96. The standard InChI is InChI=1S/C34H41F2N7O2/c1-3-23-19-25(6-7-26(23)34(44)40-20-22-10-15-42(16-11-22)17-12-24-5-4-13-37-24)41-32-33-39-21-28(43(33)18-14-38-32)27-8-9-29(45-2)31(36)30(27)35/h6-9,14,18-19,21-22,24,37H,3-5,10-13,15-17,20H2,1-2H3,(H,38,41)(H,40,44). The number of nitrogens with one attached hydrogen (secondary N) is 3. The lowest BCUT2D eigenvalue weighted by molar-refractivity contribution is 0.0934. The second kappa shape index (κ2) is 13.9. The lowest BCUT2D eigenvalue weighted by Crippen LogP contribution is -2.40. The maximum absolute atomic E-state index is 14.9. The van der Waals surface area contributed by atoms with Gasteiger partial charge < -0.3 is 25.6 Å². The van der Waals surface area contributed by atoms with Gasteiger partial charge in [0.25, 0.3) is 5.91 Å². The number of anilines is 2. The van der Waals surface area contributed by atoms with Crippen LogP contribution in [0.4, 0.5) is 20.3 Å². The number of benzene rings is 2. The van der Waals surface area contributed by atoms with Crippen LogP contribution < -0.4 is 20.7 Å². The van der Waals surface area contributed by atoms with Gasteiger partial charge >= 0.3 is 0 Å². The fraction of sp³-hybridized carbons (Fsp3) is 0.441. The second-order valence-corrected chi connectivity index (χ2v) is 12.0. The van der Waals surface area contributed by atoms with Crippen LogP contribution in [0.1, 0.15) is 54.9 Å². The van der Waals surface area contributed by atoms with Crippen molar-refractivity contribution in [2.75, 3.05) is 45.2 Å². The highest BCUT2D eigenvalue weighted by Crippen LogP contribution is 2.32. The molecule has 4 aromatic rings. The summed E-state index contributed by atoms with van der Waals surface area (Å²) in [6.45, 7) is 7.22. The van der Waals surface area contributed by atoms with Crippen LogP contribution in [-0.2, 0) is 6.42 Å². The van der Waals surface area contributed by atoms with Crippen molar-refractivity contribution in [1.29, 1.82) is 0 Å². The molecule has 3 N–H and O–H groups in total. The van der Waals surface area contributed by atoms with E-state index >= 15 is 0 Å². The van der Waals surface area contributed by atoms with Crippen LogP contribution in [0.15, 0.2) is 48.9 Å². The summed E-state index contributed by atoms with van der Waals surface area (Å²) in [5.74, 6) is -1.34. The van der Waals surface area contributed by atoms with E-state index in [4.69, 9.17) is 4.74 Å². The number of ether oxygens (including phenoxy) is 1. The minimum atomic E-state index is -1.05. The molecule has 0 radical (unpaired) electrons. The van der Waals surface area contributed by atoms with Crippen molar-refractivity contribution in [1.82, 2.24) is 29.9 Å². The molecule has 0 saturated carbocycles. The van der Waals surface area contributed by atoms with Crippen molar-refractivity contribution in [3.8, 4) is 17.0 Å². The highest BCUT2D eigenvalue weighted by Gasteiger charge is 2.23. The second-order valence-electron chi connectivity index (χ2n) is 12.0. The zero-order valence-electron chi connectivity index (χ0n) is 25.9. The van der Waals surface area contributed by atoms with Gasteiger partial charge in [-0.15, -0.1) is 0 Å². The maximum Gasteiger partial charge on any atom is 0.251 e. The van der Waals surface area contributed by atoms with Crippen LogP contribution in [0.5, 0.6) is 5.75 Å². The van der Waals surface area contributed by atoms with Crippen LogP contribution in [0, 0.1) is 17.6 Å². The van der Waals surface area contributed by atoms with Gasteiger partial charge in [-0.3, -0.25) is 9.20 Å². The van der Waals surface area contributed by atoms with Crippen molar-refractivity contribution >= 4 is 23.1 Å². The number of nitrogens with zero attached hydrogens (tertiary/aromatic N) is 4. The Morgan fingerprint density at radius 2 is 1.96 bits per heavy atom. The highest BCUT2D eigenvalue weighted by molar-refractivity contribution is 5.96. The molecule has 1 atom stereocenters. The first-order valence-electron chi connectivity index (χ1n) is 15.9. The summed E-state index contributed by atoms with van der Waals surface area (Å²) in [4.78, 5) is 24.7. The Balaban J connectivity index is 1.08. The topological polar surface area (TPSA) is 95.8 Å². The Hall–Kier alpha value is -4.09. The molecule has 4 heterocycles. The molecule has 1 unspecified atom stereocenters. The molecule has 11 heteroatoms. The zero-order chi connectivity index (χ0) is 31.3. The fourth-order valence-electron chi connectivity index (χ4n) is 6.50. The number of carbonyl (C=O) groups excluding carboxylic acids is 1. The molecule has 2 aromatic carbocycles. The molecular formula is C34H41F2N7O2. The number of hydrogen-bond donors (Lipinski definition) is 3. The highest BCUT2D eigenvalue weighted by atomic mass is 19.2. The molecular weight excluding hydrogens is 576 g/mol. The molecule has 2 aliphatic heterocycles. The van der Waals surface area contributed by atoms with Gasteiger partial charge in [-0.05, 0) is 107 Å². The number of fused-ring (bicyclic) bond motifs is 1. The molecule has 9 nitrogen and oxygen atoms in total. The predicted molar refractivity (Wildman–Crippen MR) is 171 cm³/mol. The Morgan fingerprint density at radius 3 is 2.71 bits per heavy atom. The third kappa shape index (κ3) is 6.79. The number of imidazole rings is 1. The molecule has 2 aromatic heterocycles. The summed E-state index contributed by atoms with van der Waals surface area (Å²) in [7, 11) is 1.29. The summed E-state index contributed by atoms with van der Waals surface area (Å²) >= 11 is 0. The van der Waals surface area contributed by atoms with E-state index in [2.05, 4.69) is 30.8 Å². The monoisotopic (exact) mass is 617 g/mol. The van der Waals surface area contributed by atoms with Gasteiger partial charge in [-0.1, -0.05) is 6.92 Å². The largest absolute Gasteiger partial charge is 0.494 e. The molecule has 0 aliphatic carbocycles. The maximum atomic E-state index is 14.9. The molecule has 2 saturated heterocycles. The van der Waals surface area contributed by atoms with Gasteiger partial charge in [0.1, 0.15) is 0 Å². The number of likely N-dealkylation sites (tertiary alicyclic amines) is 1. The molecule has 45 heavy (non-hydrogen) atoms. The number of carbonyl (C=O) groups is 1. The first-order valence-corrected chi connectivity index (χ1v) is 15.9. The van der Waals surface area contributed by atoms with Crippen LogP contribution in [0.25, 0.3) is 16.9 Å². The SMILES string of the molecule is CCc1cc(Nc2nccn3c(-c4ccc(OC)c(F)c4F)cnc23)ccc1C(=O)NCC1CCN(CCC2CCCN2)CC1. The van der Waals surface area contributed by atoms with Gasteiger partial charge in [0.15, 0.2) is 23.0 Å². The molecule has 238 valence electrons. The van der Waals surface area contributed by atoms with Gasteiger partial charge in [0.2, 0.25) is 5.82 Å². The van der Waals surface area contributed by atoms with E-state index in [1.165, 1.54) is 44.7 Å². The number of hydrogen-bond acceptors (Lipinski definition) is 7. The minimum absolute atomic E-state index is 0.0555. The van der Waals surface area contributed by atoms with Crippen molar-refractivity contribution in [2.24, 2.45) is 5.92 Å². The number of methoxy groups -OCH3 is 1. The van der Waals surface area contributed by atoms with Gasteiger partial charge in [0, 0.05) is 41.8 Å². The summed E-state index contributed by atoms with van der Waals surface area (Å²) in [5.41, 5.74) is 3.21. The Bertz CT molecular complexity index is 1650. The normalized spacial score (nSPS) is 17.6. The van der Waals surface area contributed by atoms with Gasteiger partial charge in [-0.25, -0.2) is 14.4 Å². The third-order valence-electron chi connectivity index (χ3n) is 9.18. The van der Waals surface area contributed by atoms with Crippen molar-refractivity contribution in [3.05, 3.63) is 71.7 Å². The number of aryl methyl sites for hydroxylation is 1. The van der Waals surface area contributed by atoms with Crippen LogP contribution >= 0.6 is 0 Å². The van der Waals surface area contributed by atoms with Crippen LogP contribution in [0.3, 0.4) is 0 Å². The molecule has 2 fully saturated rings. The molecule has 2 aliphatic rings. The minimum Gasteiger partial charge on any atom is -0.494 e. The average molecular weight is 618 g/mol. The summed E-state index contributed by atoms with van der Waals surface area (Å²) in [5, 5.41) is 10.1. The smallest absolute Gasteiger partial charge is 0.251 e. The third-order valence-corrected chi connectivity index (χ3v) is 9.18. The lowest BCUT2D eigenvalue weighted by Gasteiger charge is -2.32. The predicted octanol–water partition coefficient (Wildman–Crippen LogP) is 5.57. The summed E-state index contributed by atoms with van der Waals surface area (Å²) in [6, 6.07) is 9.16. The van der Waals surface area contributed by atoms with E-state index < -0.39 is 11.6 Å². The zero-order valence-corrected chi connectivity index (χ0v) is 25.9. The molecule has 0 spiro atoms. The Labute approximate surface area is 262 Å². The first-order chi connectivity index (χ1) is 21.9. The van der Waals surface area contributed by atoms with Gasteiger partial charge in [-0.2, -0.15) is 4.39 Å². The molecule has 0 bridgehead atoms. The number of aromatic nitrogens is 3. The molecule has 1 amide bonds.